The van der Waals surface area contributed by atoms with Crippen LogP contribution in [-0.4, -0.2) is 5.78 Å². The lowest BCUT2D eigenvalue weighted by molar-refractivity contribution is -0.111. The average Bonchev–Trinajstić information content (AvgIpc) is 1.87. The molecule has 0 spiro atoms. The Kier molecular flexibility index (Phi) is 3.69. The summed E-state index contributed by atoms with van der Waals surface area (Å²) in [6, 6.07) is 0. The summed E-state index contributed by atoms with van der Waals surface area (Å²) in [5.74, 6) is 0.0972. The third-order valence-electron chi connectivity index (χ3n) is 1.14. The van der Waals surface area contributed by atoms with Gasteiger partial charge in [-0.3, -0.25) is 4.79 Å². The normalized spacial score (nSPS) is 12.6. The lowest BCUT2D eigenvalue weighted by atomic mass is 10.2. The Morgan fingerprint density at radius 2 is 1.89 bits per heavy atom. The van der Waals surface area contributed by atoms with E-state index in [0.717, 1.165) is 5.57 Å². The first-order valence-corrected chi connectivity index (χ1v) is 3.02. The molecule has 0 atom stereocenters. The van der Waals surface area contributed by atoms with Crippen molar-refractivity contribution in [3.63, 3.8) is 0 Å². The monoisotopic (exact) mass is 124 g/mol. The molecule has 0 unspecified atom stereocenters. The van der Waals surface area contributed by atoms with Crippen LogP contribution in [0.25, 0.3) is 0 Å². The molecular weight excluding hydrogens is 112 g/mol. The van der Waals surface area contributed by atoms with Gasteiger partial charge in [0.2, 0.25) is 0 Å². The van der Waals surface area contributed by atoms with Gasteiger partial charge in [0.25, 0.3) is 0 Å². The lowest BCUT2D eigenvalue weighted by Gasteiger charge is -1.88. The third-order valence-corrected chi connectivity index (χ3v) is 1.14. The fraction of sp³-hybridized carbons (Fsp3) is 0.375. The molecule has 1 nitrogen and oxygen atoms in total. The van der Waals surface area contributed by atoms with Crippen LogP contribution in [-0.2, 0) is 4.79 Å². The zero-order chi connectivity index (χ0) is 7.28. The van der Waals surface area contributed by atoms with Crippen molar-refractivity contribution >= 4 is 5.78 Å². The molecule has 0 radical (unpaired) electrons. The smallest absolute Gasteiger partial charge is 0.180 e. The van der Waals surface area contributed by atoms with E-state index in [-0.39, 0.29) is 5.78 Å². The molecule has 9 heavy (non-hydrogen) atoms. The summed E-state index contributed by atoms with van der Waals surface area (Å²) in [6.45, 7) is 5.50. The predicted octanol–water partition coefficient (Wildman–Crippen LogP) is 2.10. The lowest BCUT2D eigenvalue weighted by Crippen LogP contribution is -1.92. The highest BCUT2D eigenvalue weighted by atomic mass is 16.1. The first kappa shape index (κ1) is 8.15. The molecule has 0 fully saturated rings. The fourth-order valence-corrected chi connectivity index (χ4v) is 0.425. The minimum absolute atomic E-state index is 0.0972. The van der Waals surface area contributed by atoms with Crippen LogP contribution in [0.5, 0.6) is 0 Å². The molecule has 0 aliphatic carbocycles. The van der Waals surface area contributed by atoms with Gasteiger partial charge in [0.15, 0.2) is 5.78 Å². The van der Waals surface area contributed by atoms with Crippen molar-refractivity contribution in [2.75, 3.05) is 0 Å². The number of carbonyl (C=O) groups is 1. The Morgan fingerprint density at radius 1 is 1.33 bits per heavy atom. The van der Waals surface area contributed by atoms with Gasteiger partial charge in [0.1, 0.15) is 0 Å². The van der Waals surface area contributed by atoms with Crippen molar-refractivity contribution in [1.29, 1.82) is 0 Å². The van der Waals surface area contributed by atoms with E-state index in [4.69, 9.17) is 0 Å². The van der Waals surface area contributed by atoms with Crippen LogP contribution in [0.3, 0.4) is 0 Å². The molecule has 50 valence electrons. The number of allylic oxidation sites excluding steroid dienone is 4. The third kappa shape index (κ3) is 2.85. The van der Waals surface area contributed by atoms with Crippen LogP contribution in [0.1, 0.15) is 20.8 Å². The van der Waals surface area contributed by atoms with Gasteiger partial charge in [-0.25, -0.2) is 0 Å². The number of ketones is 1. The largest absolute Gasteiger partial charge is 0.290 e. The average molecular weight is 124 g/mol. The number of hydrogen-bond donors (Lipinski definition) is 0. The molecular formula is C8H12O. The van der Waals surface area contributed by atoms with E-state index < -0.39 is 0 Å². The van der Waals surface area contributed by atoms with E-state index in [0.29, 0.717) is 0 Å². The van der Waals surface area contributed by atoms with Gasteiger partial charge in [-0.2, -0.15) is 0 Å². The molecule has 0 aromatic rings. The molecule has 0 bridgehead atoms. The van der Waals surface area contributed by atoms with E-state index in [1.807, 2.05) is 26.8 Å². The van der Waals surface area contributed by atoms with Crippen LogP contribution in [0, 0.1) is 0 Å². The topological polar surface area (TPSA) is 17.1 Å². The first-order chi connectivity index (χ1) is 4.22. The zero-order valence-corrected chi connectivity index (χ0v) is 6.14. The highest BCUT2D eigenvalue weighted by molar-refractivity contribution is 6.03. The van der Waals surface area contributed by atoms with Crippen LogP contribution in [0.15, 0.2) is 23.8 Å². The Bertz CT molecular complexity index is 152. The first-order valence-electron chi connectivity index (χ1n) is 3.02. The van der Waals surface area contributed by atoms with Crippen molar-refractivity contribution < 1.29 is 4.79 Å². The van der Waals surface area contributed by atoms with Gasteiger partial charge in [-0.15, -0.1) is 0 Å². The van der Waals surface area contributed by atoms with Gasteiger partial charge in [0, 0.05) is 0 Å². The van der Waals surface area contributed by atoms with Crippen LogP contribution in [0.4, 0.5) is 0 Å². The highest BCUT2D eigenvalue weighted by Crippen LogP contribution is 1.94. The summed E-state index contributed by atoms with van der Waals surface area (Å²) in [5, 5.41) is 0. The standard InChI is InChI=1S/C8H12O/c1-4-6-8(9)7(3)5-2/h4-6H,1-3H3/b6-4-,7-5-. The molecule has 0 saturated carbocycles. The van der Waals surface area contributed by atoms with Crippen LogP contribution < -0.4 is 0 Å². The molecule has 0 aliphatic heterocycles. The van der Waals surface area contributed by atoms with E-state index >= 15 is 0 Å². The van der Waals surface area contributed by atoms with Gasteiger partial charge in [-0.05, 0) is 32.4 Å². The van der Waals surface area contributed by atoms with Crippen molar-refractivity contribution in [3.05, 3.63) is 23.8 Å². The molecule has 0 aliphatic rings. The van der Waals surface area contributed by atoms with E-state index in [1.54, 1.807) is 12.2 Å². The van der Waals surface area contributed by atoms with Gasteiger partial charge in [-0.1, -0.05) is 12.2 Å². The van der Waals surface area contributed by atoms with Crippen LogP contribution >= 0.6 is 0 Å². The number of hydrogen-bond acceptors (Lipinski definition) is 1. The minimum atomic E-state index is 0.0972. The predicted molar refractivity (Wildman–Crippen MR) is 39.3 cm³/mol. The molecule has 0 amide bonds. The quantitative estimate of drug-likeness (QED) is 0.515. The maximum atomic E-state index is 10.8. The maximum Gasteiger partial charge on any atom is 0.180 e. The fourth-order valence-electron chi connectivity index (χ4n) is 0.425. The second-order valence-electron chi connectivity index (χ2n) is 1.84. The van der Waals surface area contributed by atoms with Gasteiger partial charge in [0.05, 0.1) is 0 Å². The van der Waals surface area contributed by atoms with Crippen LogP contribution in [0.2, 0.25) is 0 Å². The Balaban J connectivity index is 4.05. The van der Waals surface area contributed by atoms with Crippen molar-refractivity contribution in [1.82, 2.24) is 0 Å². The maximum absolute atomic E-state index is 10.8. The van der Waals surface area contributed by atoms with Gasteiger partial charge < -0.3 is 0 Å². The molecule has 0 N–H and O–H groups in total. The van der Waals surface area contributed by atoms with E-state index in [9.17, 15) is 4.79 Å². The summed E-state index contributed by atoms with van der Waals surface area (Å²) < 4.78 is 0. The van der Waals surface area contributed by atoms with Crippen molar-refractivity contribution in [2.45, 2.75) is 20.8 Å². The van der Waals surface area contributed by atoms with E-state index in [2.05, 4.69) is 0 Å². The molecule has 0 aromatic heterocycles. The molecule has 0 heterocycles. The number of carbonyl (C=O) groups excluding carboxylic acids is 1. The Labute approximate surface area is 56.1 Å². The molecule has 0 saturated heterocycles. The molecule has 0 aromatic carbocycles. The summed E-state index contributed by atoms with van der Waals surface area (Å²) in [5.41, 5.74) is 0.799. The second-order valence-corrected chi connectivity index (χ2v) is 1.84. The number of rotatable bonds is 2. The summed E-state index contributed by atoms with van der Waals surface area (Å²) >= 11 is 0. The summed E-state index contributed by atoms with van der Waals surface area (Å²) in [4.78, 5) is 10.8. The van der Waals surface area contributed by atoms with Crippen molar-refractivity contribution in [3.8, 4) is 0 Å². The zero-order valence-electron chi connectivity index (χ0n) is 6.14. The Hall–Kier alpha value is -0.850. The van der Waals surface area contributed by atoms with E-state index in [1.165, 1.54) is 0 Å². The van der Waals surface area contributed by atoms with Gasteiger partial charge >= 0.3 is 0 Å². The Morgan fingerprint density at radius 3 is 2.22 bits per heavy atom. The second kappa shape index (κ2) is 4.07. The minimum Gasteiger partial charge on any atom is -0.290 e. The SMILES string of the molecule is C/C=C\C(=O)/C(C)=C\C. The summed E-state index contributed by atoms with van der Waals surface area (Å²) in [6.07, 6.45) is 5.12. The highest BCUT2D eigenvalue weighted by Gasteiger charge is 1.94. The molecule has 0 rings (SSSR count). The molecule has 1 heteroatoms. The van der Waals surface area contributed by atoms with Crippen molar-refractivity contribution in [2.24, 2.45) is 0 Å². The summed E-state index contributed by atoms with van der Waals surface area (Å²) in [7, 11) is 0.